The van der Waals surface area contributed by atoms with Crippen LogP contribution in [0, 0.1) is 0 Å². The van der Waals surface area contributed by atoms with Crippen molar-refractivity contribution in [3.63, 3.8) is 0 Å². The molecule has 82 valence electrons. The minimum absolute atomic E-state index is 0.429. The largest absolute Gasteiger partial charge is 0.390 e. The molecule has 0 unspecified atom stereocenters. The molecule has 1 saturated heterocycles. The molecular formula is C13H19NO. The van der Waals surface area contributed by atoms with Gasteiger partial charge in [-0.05, 0) is 44.3 Å². The van der Waals surface area contributed by atoms with Crippen molar-refractivity contribution in [2.45, 2.75) is 31.3 Å². The average molecular weight is 205 g/mol. The van der Waals surface area contributed by atoms with Crippen LogP contribution in [0.4, 0.5) is 0 Å². The molecule has 0 spiro atoms. The normalized spacial score (nSPS) is 20.1. The molecule has 1 aromatic carbocycles. The van der Waals surface area contributed by atoms with Crippen molar-refractivity contribution in [2.75, 3.05) is 13.1 Å². The molecule has 0 radical (unpaired) electrons. The third kappa shape index (κ3) is 3.05. The summed E-state index contributed by atoms with van der Waals surface area (Å²) in [6, 6.07) is 10.4. The molecule has 2 nitrogen and oxygen atoms in total. The molecule has 0 aliphatic carbocycles. The molecule has 15 heavy (non-hydrogen) atoms. The van der Waals surface area contributed by atoms with Crippen LogP contribution in [0.2, 0.25) is 0 Å². The van der Waals surface area contributed by atoms with Gasteiger partial charge in [-0.1, -0.05) is 30.3 Å². The van der Waals surface area contributed by atoms with Gasteiger partial charge in [0.25, 0.3) is 0 Å². The van der Waals surface area contributed by atoms with Crippen LogP contribution in [-0.2, 0) is 6.42 Å². The van der Waals surface area contributed by atoms with Crippen molar-refractivity contribution in [1.82, 2.24) is 5.32 Å². The van der Waals surface area contributed by atoms with Crippen LogP contribution < -0.4 is 5.32 Å². The predicted octanol–water partition coefficient (Wildman–Crippen LogP) is 1.73. The van der Waals surface area contributed by atoms with Crippen LogP contribution in [0.25, 0.3) is 0 Å². The number of rotatable bonds is 3. The first kappa shape index (κ1) is 10.7. The predicted molar refractivity (Wildman–Crippen MR) is 61.8 cm³/mol. The van der Waals surface area contributed by atoms with Crippen molar-refractivity contribution in [1.29, 1.82) is 0 Å². The topological polar surface area (TPSA) is 32.3 Å². The number of hydrogen-bond donors (Lipinski definition) is 2. The van der Waals surface area contributed by atoms with Gasteiger partial charge in [-0.2, -0.15) is 0 Å². The van der Waals surface area contributed by atoms with Gasteiger partial charge in [0.2, 0.25) is 0 Å². The molecular weight excluding hydrogens is 186 g/mol. The second-order valence-electron chi connectivity index (χ2n) is 4.46. The van der Waals surface area contributed by atoms with E-state index in [-0.39, 0.29) is 0 Å². The van der Waals surface area contributed by atoms with E-state index in [2.05, 4.69) is 29.6 Å². The average Bonchev–Trinajstić information content (AvgIpc) is 2.29. The maximum atomic E-state index is 10.3. The lowest BCUT2D eigenvalue weighted by molar-refractivity contribution is 0.00281. The van der Waals surface area contributed by atoms with Gasteiger partial charge in [-0.15, -0.1) is 0 Å². The molecule has 0 amide bonds. The minimum Gasteiger partial charge on any atom is -0.390 e. The first-order chi connectivity index (χ1) is 7.29. The number of benzene rings is 1. The van der Waals surface area contributed by atoms with Gasteiger partial charge in [0.1, 0.15) is 0 Å². The smallest absolute Gasteiger partial charge is 0.0675 e. The Balaban J connectivity index is 1.87. The van der Waals surface area contributed by atoms with Crippen molar-refractivity contribution >= 4 is 0 Å². The van der Waals surface area contributed by atoms with Crippen molar-refractivity contribution < 1.29 is 5.11 Å². The molecule has 2 rings (SSSR count). The Labute approximate surface area is 91.3 Å². The summed E-state index contributed by atoms with van der Waals surface area (Å²) in [6.45, 7) is 1.90. The second-order valence-corrected chi connectivity index (χ2v) is 4.46. The maximum Gasteiger partial charge on any atom is 0.0675 e. The highest BCUT2D eigenvalue weighted by molar-refractivity contribution is 5.15. The van der Waals surface area contributed by atoms with E-state index in [9.17, 15) is 5.11 Å². The SMILES string of the molecule is OC1(CCc2ccccc2)CCNCC1. The standard InChI is InChI=1S/C13H19NO/c15-13(8-10-14-11-9-13)7-6-12-4-2-1-3-5-12/h1-5,14-15H,6-11H2. The number of hydrogen-bond acceptors (Lipinski definition) is 2. The Kier molecular flexibility index (Phi) is 3.39. The lowest BCUT2D eigenvalue weighted by Crippen LogP contribution is -2.42. The van der Waals surface area contributed by atoms with Gasteiger partial charge in [0.15, 0.2) is 0 Å². The summed E-state index contributed by atoms with van der Waals surface area (Å²) in [7, 11) is 0. The molecule has 2 N–H and O–H groups in total. The van der Waals surface area contributed by atoms with Crippen molar-refractivity contribution in [2.24, 2.45) is 0 Å². The number of piperidine rings is 1. The van der Waals surface area contributed by atoms with E-state index in [4.69, 9.17) is 0 Å². The summed E-state index contributed by atoms with van der Waals surface area (Å²) >= 11 is 0. The molecule has 0 aromatic heterocycles. The fourth-order valence-electron chi connectivity index (χ4n) is 2.16. The van der Waals surface area contributed by atoms with Gasteiger partial charge in [0, 0.05) is 0 Å². The van der Waals surface area contributed by atoms with Crippen LogP contribution in [-0.4, -0.2) is 23.8 Å². The van der Waals surface area contributed by atoms with Crippen molar-refractivity contribution in [3.8, 4) is 0 Å². The zero-order valence-electron chi connectivity index (χ0n) is 9.08. The van der Waals surface area contributed by atoms with Gasteiger partial charge >= 0.3 is 0 Å². The van der Waals surface area contributed by atoms with E-state index < -0.39 is 5.60 Å². The monoisotopic (exact) mass is 205 g/mol. The van der Waals surface area contributed by atoms with Gasteiger partial charge in [-0.25, -0.2) is 0 Å². The van der Waals surface area contributed by atoms with Crippen molar-refractivity contribution in [3.05, 3.63) is 35.9 Å². The third-order valence-corrected chi connectivity index (χ3v) is 3.26. The highest BCUT2D eigenvalue weighted by atomic mass is 16.3. The van der Waals surface area contributed by atoms with Crippen LogP contribution in [0.15, 0.2) is 30.3 Å². The molecule has 1 heterocycles. The lowest BCUT2D eigenvalue weighted by atomic mass is 9.86. The molecule has 2 heteroatoms. The summed E-state index contributed by atoms with van der Waals surface area (Å²) in [6.07, 6.45) is 3.65. The number of aryl methyl sites for hydroxylation is 1. The zero-order valence-corrected chi connectivity index (χ0v) is 9.08. The Hall–Kier alpha value is -0.860. The summed E-state index contributed by atoms with van der Waals surface area (Å²) in [5.41, 5.74) is 0.894. The van der Waals surface area contributed by atoms with E-state index in [0.29, 0.717) is 0 Å². The molecule has 0 saturated carbocycles. The minimum atomic E-state index is -0.429. The Morgan fingerprint density at radius 3 is 2.47 bits per heavy atom. The van der Waals surface area contributed by atoms with Crippen LogP contribution in [0.3, 0.4) is 0 Å². The van der Waals surface area contributed by atoms with Gasteiger partial charge < -0.3 is 10.4 Å². The Morgan fingerprint density at radius 1 is 1.13 bits per heavy atom. The maximum absolute atomic E-state index is 10.3. The fourth-order valence-corrected chi connectivity index (χ4v) is 2.16. The van der Waals surface area contributed by atoms with Gasteiger partial charge in [-0.3, -0.25) is 0 Å². The zero-order chi connectivity index (χ0) is 10.6. The Bertz CT molecular complexity index is 291. The first-order valence-electron chi connectivity index (χ1n) is 5.76. The quantitative estimate of drug-likeness (QED) is 0.787. The molecule has 1 aliphatic rings. The molecule has 1 aromatic rings. The fraction of sp³-hybridized carbons (Fsp3) is 0.538. The van der Waals surface area contributed by atoms with E-state index in [0.717, 1.165) is 38.8 Å². The van der Waals surface area contributed by atoms with E-state index in [1.165, 1.54) is 5.56 Å². The highest BCUT2D eigenvalue weighted by Crippen LogP contribution is 2.23. The van der Waals surface area contributed by atoms with E-state index in [1.54, 1.807) is 0 Å². The molecule has 0 atom stereocenters. The van der Waals surface area contributed by atoms with Crippen LogP contribution in [0.5, 0.6) is 0 Å². The van der Waals surface area contributed by atoms with E-state index in [1.807, 2.05) is 6.07 Å². The molecule has 0 bridgehead atoms. The van der Waals surface area contributed by atoms with Crippen LogP contribution >= 0.6 is 0 Å². The molecule has 1 fully saturated rings. The Morgan fingerprint density at radius 2 is 1.80 bits per heavy atom. The van der Waals surface area contributed by atoms with Gasteiger partial charge in [0.05, 0.1) is 5.60 Å². The summed E-state index contributed by atoms with van der Waals surface area (Å²) in [5, 5.41) is 13.6. The summed E-state index contributed by atoms with van der Waals surface area (Å²) in [4.78, 5) is 0. The van der Waals surface area contributed by atoms with Crippen LogP contribution in [0.1, 0.15) is 24.8 Å². The highest BCUT2D eigenvalue weighted by Gasteiger charge is 2.28. The number of aliphatic hydroxyl groups is 1. The van der Waals surface area contributed by atoms with E-state index >= 15 is 0 Å². The number of nitrogens with one attached hydrogen (secondary N) is 1. The third-order valence-electron chi connectivity index (χ3n) is 3.26. The summed E-state index contributed by atoms with van der Waals surface area (Å²) < 4.78 is 0. The summed E-state index contributed by atoms with van der Waals surface area (Å²) in [5.74, 6) is 0. The first-order valence-corrected chi connectivity index (χ1v) is 5.76. The second kappa shape index (κ2) is 4.77. The molecule has 1 aliphatic heterocycles. The lowest BCUT2D eigenvalue weighted by Gasteiger charge is -2.32.